The smallest absolute Gasteiger partial charge is 0.356 e. The van der Waals surface area contributed by atoms with Crippen LogP contribution in [0.1, 0.15) is 20.3 Å². The lowest BCUT2D eigenvalue weighted by atomic mass is 10.4. The third kappa shape index (κ3) is 10.4. The zero-order chi connectivity index (χ0) is 15.5. The first-order chi connectivity index (χ1) is 9.39. The number of halogens is 3. The van der Waals surface area contributed by atoms with E-state index in [2.05, 4.69) is 27.3 Å². The van der Waals surface area contributed by atoms with Gasteiger partial charge in [-0.2, -0.15) is 8.78 Å². The van der Waals surface area contributed by atoms with Crippen molar-refractivity contribution in [1.29, 1.82) is 0 Å². The number of ether oxygens (including phenoxy) is 2. The average molecular weight is 430 g/mol. The van der Waals surface area contributed by atoms with Crippen LogP contribution in [0.4, 0.5) is 8.78 Å². The van der Waals surface area contributed by atoms with E-state index in [0.29, 0.717) is 6.61 Å². The molecule has 0 heterocycles. The molecule has 0 rings (SSSR count). The lowest BCUT2D eigenvalue weighted by Crippen LogP contribution is -2.25. The quantitative estimate of drug-likeness (QED) is 0.193. The second-order valence-electron chi connectivity index (χ2n) is 3.71. The Morgan fingerprint density at radius 3 is 2.20 bits per heavy atom. The summed E-state index contributed by atoms with van der Waals surface area (Å²) in [6.07, 6.45) is -4.45. The van der Waals surface area contributed by atoms with E-state index in [1.165, 1.54) is 0 Å². The predicted molar refractivity (Wildman–Crippen MR) is 80.9 cm³/mol. The minimum absolute atomic E-state index is 0.104. The van der Waals surface area contributed by atoms with Crippen LogP contribution in [0.15, 0.2) is 0 Å². The van der Waals surface area contributed by atoms with Crippen LogP contribution in [0, 0.1) is 0 Å². The van der Waals surface area contributed by atoms with E-state index < -0.39 is 20.1 Å². The van der Waals surface area contributed by atoms with E-state index in [-0.39, 0.29) is 32.6 Å². The van der Waals surface area contributed by atoms with Crippen molar-refractivity contribution in [1.82, 2.24) is 0 Å². The molecule has 0 aliphatic heterocycles. The van der Waals surface area contributed by atoms with Crippen molar-refractivity contribution < 1.29 is 31.9 Å². The van der Waals surface area contributed by atoms with Gasteiger partial charge in [-0.1, -0.05) is 22.6 Å². The van der Waals surface area contributed by atoms with E-state index in [1.54, 1.807) is 13.8 Å². The van der Waals surface area contributed by atoms with Gasteiger partial charge in [0.25, 0.3) is 0 Å². The Kier molecular flexibility index (Phi) is 11.6. The molecule has 0 aromatic rings. The summed E-state index contributed by atoms with van der Waals surface area (Å²) in [6, 6.07) is 0. The Labute approximate surface area is 132 Å². The zero-order valence-electron chi connectivity index (χ0n) is 11.8. The highest BCUT2D eigenvalue weighted by Crippen LogP contribution is 2.49. The fraction of sp³-hybridized carbons (Fsp3) is 1.00. The molecule has 0 N–H and O–H groups in total. The number of hydrogen-bond acceptors (Lipinski definition) is 5. The van der Waals surface area contributed by atoms with Gasteiger partial charge < -0.3 is 18.5 Å². The Balaban J connectivity index is 4.07. The monoisotopic (exact) mass is 430 g/mol. The Morgan fingerprint density at radius 1 is 1.10 bits per heavy atom. The summed E-state index contributed by atoms with van der Waals surface area (Å²) in [5.74, 6) is 0. The topological polar surface area (TPSA) is 54.0 Å². The zero-order valence-corrected chi connectivity index (χ0v) is 14.8. The molecule has 9 heteroatoms. The van der Waals surface area contributed by atoms with E-state index in [4.69, 9.17) is 13.8 Å². The van der Waals surface area contributed by atoms with E-state index in [9.17, 15) is 13.3 Å². The molecule has 0 spiro atoms. The van der Waals surface area contributed by atoms with Crippen molar-refractivity contribution in [3.05, 3.63) is 0 Å². The van der Waals surface area contributed by atoms with Crippen LogP contribution in [-0.4, -0.2) is 49.7 Å². The Hall–Kier alpha value is 0.660. The maximum Gasteiger partial charge on any atom is 0.356 e. The van der Waals surface area contributed by atoms with E-state index in [1.807, 2.05) is 0 Å². The summed E-state index contributed by atoms with van der Waals surface area (Å²) < 4.78 is 59.0. The van der Waals surface area contributed by atoms with Gasteiger partial charge in [0, 0.05) is 4.43 Å². The van der Waals surface area contributed by atoms with Gasteiger partial charge in [0.15, 0.2) is 0 Å². The molecule has 0 radical (unpaired) electrons. The predicted octanol–water partition coefficient (Wildman–Crippen LogP) is 3.70. The summed E-state index contributed by atoms with van der Waals surface area (Å²) in [7, 11) is -3.46. The van der Waals surface area contributed by atoms with Gasteiger partial charge in [0.05, 0.1) is 45.6 Å². The first kappa shape index (κ1) is 20.7. The normalized spacial score (nSPS) is 12.8. The molecule has 0 saturated carbocycles. The Bertz CT molecular complexity index is 284. The van der Waals surface area contributed by atoms with Gasteiger partial charge in [-0.05, 0) is 13.8 Å². The largest absolute Gasteiger partial charge is 0.378 e. The molecular weight excluding hydrogens is 408 g/mol. The molecule has 0 aromatic carbocycles. The van der Waals surface area contributed by atoms with Crippen LogP contribution in [0.5, 0.6) is 0 Å². The van der Waals surface area contributed by atoms with Gasteiger partial charge >= 0.3 is 13.7 Å². The summed E-state index contributed by atoms with van der Waals surface area (Å²) in [6.45, 7) is 3.95. The number of hydrogen-bond donors (Lipinski definition) is 0. The van der Waals surface area contributed by atoms with E-state index >= 15 is 0 Å². The lowest BCUT2D eigenvalue weighted by molar-refractivity contribution is -0.243. The van der Waals surface area contributed by atoms with Crippen LogP contribution in [0.3, 0.4) is 0 Å². The minimum atomic E-state index is -3.46. The SMILES string of the molecule is CCOP(=O)(CCC(F)(F)OCCOCCI)OCC. The molecule has 0 amide bonds. The number of rotatable bonds is 13. The highest BCUT2D eigenvalue weighted by Gasteiger charge is 2.35. The second-order valence-corrected chi connectivity index (χ2v) is 6.97. The molecule has 0 aliphatic carbocycles. The molecule has 0 bridgehead atoms. The van der Waals surface area contributed by atoms with Gasteiger partial charge in [0.2, 0.25) is 0 Å². The molecule has 20 heavy (non-hydrogen) atoms. The molecule has 0 saturated heterocycles. The van der Waals surface area contributed by atoms with Crippen molar-refractivity contribution in [3.63, 3.8) is 0 Å². The maximum atomic E-state index is 13.4. The van der Waals surface area contributed by atoms with Crippen molar-refractivity contribution in [3.8, 4) is 0 Å². The van der Waals surface area contributed by atoms with Gasteiger partial charge in [0.1, 0.15) is 0 Å². The van der Waals surface area contributed by atoms with Crippen LogP contribution >= 0.6 is 30.2 Å². The van der Waals surface area contributed by atoms with Crippen molar-refractivity contribution in [2.24, 2.45) is 0 Å². The highest BCUT2D eigenvalue weighted by molar-refractivity contribution is 14.1. The average Bonchev–Trinajstić information content (AvgIpc) is 2.37. The molecule has 0 aromatic heterocycles. The van der Waals surface area contributed by atoms with Crippen molar-refractivity contribution in [2.75, 3.05) is 43.6 Å². The summed E-state index contributed by atoms with van der Waals surface area (Å²) in [5.41, 5.74) is 0. The number of alkyl halides is 3. The van der Waals surface area contributed by atoms with Crippen LogP contribution in [0.25, 0.3) is 0 Å². The minimum Gasteiger partial charge on any atom is -0.378 e. The third-order valence-electron chi connectivity index (χ3n) is 2.09. The van der Waals surface area contributed by atoms with Crippen LogP contribution in [-0.2, 0) is 23.1 Å². The standard InChI is InChI=1S/C11H22F2IO5P/c1-3-18-20(15,19-4-2)10-5-11(12,13)17-9-8-16-7-6-14/h3-10H2,1-2H3. The maximum absolute atomic E-state index is 13.4. The molecular formula is C11H22F2IO5P. The highest BCUT2D eigenvalue weighted by atomic mass is 127. The van der Waals surface area contributed by atoms with Crippen LogP contribution in [0.2, 0.25) is 0 Å². The van der Waals surface area contributed by atoms with Crippen LogP contribution < -0.4 is 0 Å². The molecule has 122 valence electrons. The fourth-order valence-corrected chi connectivity index (χ4v) is 3.27. The lowest BCUT2D eigenvalue weighted by Gasteiger charge is -2.21. The first-order valence-corrected chi connectivity index (χ1v) is 9.68. The molecule has 0 fully saturated rings. The summed E-state index contributed by atoms with van der Waals surface area (Å²) in [4.78, 5) is 0. The molecule has 5 nitrogen and oxygen atoms in total. The molecule has 0 atom stereocenters. The van der Waals surface area contributed by atoms with E-state index in [0.717, 1.165) is 4.43 Å². The second kappa shape index (κ2) is 11.3. The van der Waals surface area contributed by atoms with Gasteiger partial charge in [-0.3, -0.25) is 4.57 Å². The first-order valence-electron chi connectivity index (χ1n) is 6.42. The van der Waals surface area contributed by atoms with Gasteiger partial charge in [-0.25, -0.2) is 0 Å². The summed E-state index contributed by atoms with van der Waals surface area (Å²) in [5, 5.41) is 0. The molecule has 0 aliphatic rings. The Morgan fingerprint density at radius 2 is 1.70 bits per heavy atom. The van der Waals surface area contributed by atoms with Crippen molar-refractivity contribution >= 4 is 30.2 Å². The van der Waals surface area contributed by atoms with Gasteiger partial charge in [-0.15, -0.1) is 0 Å². The fourth-order valence-electron chi connectivity index (χ4n) is 1.31. The van der Waals surface area contributed by atoms with Crippen molar-refractivity contribution in [2.45, 2.75) is 26.4 Å². The third-order valence-corrected chi connectivity index (χ3v) is 4.61. The summed E-state index contributed by atoms with van der Waals surface area (Å²) >= 11 is 2.12. The molecule has 0 unspecified atom stereocenters.